The van der Waals surface area contributed by atoms with Gasteiger partial charge in [0.2, 0.25) is 0 Å². The molecule has 2 heterocycles. The van der Waals surface area contributed by atoms with Crippen molar-refractivity contribution < 1.29 is 4.74 Å². The van der Waals surface area contributed by atoms with Crippen molar-refractivity contribution in [2.24, 2.45) is 5.92 Å². The van der Waals surface area contributed by atoms with Crippen LogP contribution in [-0.4, -0.2) is 31.0 Å². The molecule has 1 N–H and O–H groups in total. The lowest BCUT2D eigenvalue weighted by atomic mass is 10.0. The van der Waals surface area contributed by atoms with Crippen molar-refractivity contribution in [1.29, 1.82) is 0 Å². The van der Waals surface area contributed by atoms with Crippen LogP contribution in [0, 0.1) is 5.92 Å². The second-order valence-electron chi connectivity index (χ2n) is 4.80. The summed E-state index contributed by atoms with van der Waals surface area (Å²) in [5.74, 6) is 0.743. The van der Waals surface area contributed by atoms with E-state index in [2.05, 4.69) is 34.8 Å². The molecule has 1 aliphatic rings. The average molecular weight is 294 g/mol. The van der Waals surface area contributed by atoms with Crippen LogP contribution < -0.4 is 5.32 Å². The van der Waals surface area contributed by atoms with Crippen LogP contribution in [0.15, 0.2) is 22.5 Å². The number of thioether (sulfide) groups is 1. The fourth-order valence-corrected chi connectivity index (χ4v) is 3.84. The van der Waals surface area contributed by atoms with Crippen LogP contribution in [0.4, 0.5) is 5.69 Å². The van der Waals surface area contributed by atoms with Crippen molar-refractivity contribution in [3.63, 3.8) is 0 Å². The van der Waals surface area contributed by atoms with E-state index in [1.54, 1.807) is 23.1 Å². The lowest BCUT2D eigenvalue weighted by molar-refractivity contribution is 0.0699. The Hall–Kier alpha value is -0.780. The summed E-state index contributed by atoms with van der Waals surface area (Å²) < 4.78 is 7.79. The highest BCUT2D eigenvalue weighted by Crippen LogP contribution is 2.30. The Labute approximate surface area is 121 Å². The molecular weight excluding hydrogens is 276 g/mol. The van der Waals surface area contributed by atoms with Crippen LogP contribution in [0.5, 0.6) is 0 Å². The highest BCUT2D eigenvalue weighted by atomic mass is 32.2. The maximum absolute atomic E-state index is 5.39. The molecule has 2 aromatic rings. The average Bonchev–Trinajstić information content (AvgIpc) is 2.88. The summed E-state index contributed by atoms with van der Waals surface area (Å²) in [6.07, 6.45) is 4.42. The highest BCUT2D eigenvalue weighted by Gasteiger charge is 2.13. The molecule has 102 valence electrons. The summed E-state index contributed by atoms with van der Waals surface area (Å²) in [6.45, 7) is 2.87. The van der Waals surface area contributed by atoms with E-state index >= 15 is 0 Å². The van der Waals surface area contributed by atoms with Gasteiger partial charge in [0.25, 0.3) is 0 Å². The molecule has 0 spiro atoms. The maximum Gasteiger partial charge on any atom is 0.150 e. The lowest BCUT2D eigenvalue weighted by Gasteiger charge is -2.22. The van der Waals surface area contributed by atoms with E-state index in [1.165, 1.54) is 23.2 Å². The van der Waals surface area contributed by atoms with Crippen molar-refractivity contribution >= 4 is 39.0 Å². The normalized spacial score (nSPS) is 16.9. The molecule has 1 aromatic carbocycles. The predicted molar refractivity (Wildman–Crippen MR) is 83.4 cm³/mol. The van der Waals surface area contributed by atoms with Gasteiger partial charge in [0.15, 0.2) is 4.34 Å². The zero-order chi connectivity index (χ0) is 13.1. The van der Waals surface area contributed by atoms with Gasteiger partial charge in [-0.1, -0.05) is 11.8 Å². The maximum atomic E-state index is 5.39. The summed E-state index contributed by atoms with van der Waals surface area (Å²) >= 11 is 3.47. The summed E-state index contributed by atoms with van der Waals surface area (Å²) in [5.41, 5.74) is 2.31. The number of nitrogens with zero attached hydrogens (tertiary/aromatic N) is 1. The monoisotopic (exact) mass is 294 g/mol. The molecule has 19 heavy (non-hydrogen) atoms. The second kappa shape index (κ2) is 6.11. The van der Waals surface area contributed by atoms with Gasteiger partial charge in [-0.15, -0.1) is 11.3 Å². The van der Waals surface area contributed by atoms with Crippen LogP contribution in [0.1, 0.15) is 12.8 Å². The van der Waals surface area contributed by atoms with Gasteiger partial charge in [-0.05, 0) is 43.2 Å². The third-order valence-corrected chi connectivity index (χ3v) is 5.48. The van der Waals surface area contributed by atoms with Crippen LogP contribution >= 0.6 is 23.1 Å². The first-order valence-corrected chi connectivity index (χ1v) is 8.65. The molecule has 0 radical (unpaired) electrons. The molecule has 0 atom stereocenters. The quantitative estimate of drug-likeness (QED) is 0.868. The van der Waals surface area contributed by atoms with Gasteiger partial charge in [0, 0.05) is 25.4 Å². The summed E-state index contributed by atoms with van der Waals surface area (Å²) in [4.78, 5) is 4.56. The number of nitrogens with one attached hydrogen (secondary N) is 1. The van der Waals surface area contributed by atoms with E-state index in [0.29, 0.717) is 0 Å². The van der Waals surface area contributed by atoms with E-state index in [0.717, 1.165) is 35.5 Å². The van der Waals surface area contributed by atoms with Crippen LogP contribution in [-0.2, 0) is 4.74 Å². The zero-order valence-electron chi connectivity index (χ0n) is 11.0. The van der Waals surface area contributed by atoms with Gasteiger partial charge in [0.1, 0.15) is 0 Å². The van der Waals surface area contributed by atoms with Gasteiger partial charge < -0.3 is 10.1 Å². The number of rotatable bonds is 4. The van der Waals surface area contributed by atoms with Gasteiger partial charge in [0.05, 0.1) is 10.2 Å². The van der Waals surface area contributed by atoms with Gasteiger partial charge >= 0.3 is 0 Å². The zero-order valence-corrected chi connectivity index (χ0v) is 12.6. The SMILES string of the molecule is CSc1nc2ccc(NCC3CCOCC3)cc2s1. The van der Waals surface area contributed by atoms with Crippen molar-refractivity contribution in [3.05, 3.63) is 18.2 Å². The molecular formula is C14H18N2OS2. The van der Waals surface area contributed by atoms with E-state index in [1.807, 2.05) is 0 Å². The summed E-state index contributed by atoms with van der Waals surface area (Å²) in [7, 11) is 0. The Balaban J connectivity index is 1.66. The molecule has 1 aromatic heterocycles. The molecule has 1 fully saturated rings. The fourth-order valence-electron chi connectivity index (χ4n) is 2.31. The number of benzene rings is 1. The predicted octanol–water partition coefficient (Wildman–Crippen LogP) is 3.86. The van der Waals surface area contributed by atoms with Crippen molar-refractivity contribution in [2.45, 2.75) is 17.2 Å². The summed E-state index contributed by atoms with van der Waals surface area (Å²) in [5, 5.41) is 3.55. The van der Waals surface area contributed by atoms with Gasteiger partial charge in [-0.25, -0.2) is 4.98 Å². The Morgan fingerprint density at radius 2 is 2.26 bits per heavy atom. The van der Waals surface area contributed by atoms with Crippen LogP contribution in [0.25, 0.3) is 10.2 Å². The fraction of sp³-hybridized carbons (Fsp3) is 0.500. The third-order valence-electron chi connectivity index (χ3n) is 3.48. The number of fused-ring (bicyclic) bond motifs is 1. The number of hydrogen-bond donors (Lipinski definition) is 1. The Bertz CT molecular complexity index is 549. The molecule has 5 heteroatoms. The first-order chi connectivity index (χ1) is 9.35. The molecule has 0 aliphatic carbocycles. The third kappa shape index (κ3) is 3.22. The smallest absolute Gasteiger partial charge is 0.150 e. The molecule has 3 nitrogen and oxygen atoms in total. The minimum absolute atomic E-state index is 0.743. The topological polar surface area (TPSA) is 34.2 Å². The van der Waals surface area contributed by atoms with E-state index in [9.17, 15) is 0 Å². The molecule has 0 unspecified atom stereocenters. The molecule has 0 saturated carbocycles. The molecule has 1 aliphatic heterocycles. The number of thiazole rings is 1. The Morgan fingerprint density at radius 3 is 3.05 bits per heavy atom. The van der Waals surface area contributed by atoms with E-state index in [4.69, 9.17) is 4.74 Å². The number of ether oxygens (including phenoxy) is 1. The highest BCUT2D eigenvalue weighted by molar-refractivity contribution is 8.00. The number of anilines is 1. The van der Waals surface area contributed by atoms with E-state index < -0.39 is 0 Å². The van der Waals surface area contributed by atoms with Crippen molar-refractivity contribution in [1.82, 2.24) is 4.98 Å². The first kappa shape index (κ1) is 13.2. The first-order valence-electron chi connectivity index (χ1n) is 6.61. The number of hydrogen-bond acceptors (Lipinski definition) is 5. The molecule has 0 bridgehead atoms. The van der Waals surface area contributed by atoms with Gasteiger partial charge in [-0.2, -0.15) is 0 Å². The summed E-state index contributed by atoms with van der Waals surface area (Å²) in [6, 6.07) is 6.45. The number of aromatic nitrogens is 1. The second-order valence-corrected chi connectivity index (χ2v) is 6.89. The largest absolute Gasteiger partial charge is 0.385 e. The molecule has 3 rings (SSSR count). The minimum atomic E-state index is 0.743. The van der Waals surface area contributed by atoms with Crippen molar-refractivity contribution in [3.8, 4) is 0 Å². The van der Waals surface area contributed by atoms with Crippen LogP contribution in [0.3, 0.4) is 0 Å². The molecule has 0 amide bonds. The van der Waals surface area contributed by atoms with Crippen molar-refractivity contribution in [2.75, 3.05) is 31.3 Å². The van der Waals surface area contributed by atoms with Gasteiger partial charge in [-0.3, -0.25) is 0 Å². The standard InChI is InChI=1S/C14H18N2OS2/c1-18-14-16-12-3-2-11(8-13(12)19-14)15-9-10-4-6-17-7-5-10/h2-3,8,10,15H,4-7,9H2,1H3. The van der Waals surface area contributed by atoms with E-state index in [-0.39, 0.29) is 0 Å². The lowest BCUT2D eigenvalue weighted by Crippen LogP contribution is -2.22. The Kier molecular flexibility index (Phi) is 4.25. The van der Waals surface area contributed by atoms with Crippen LogP contribution in [0.2, 0.25) is 0 Å². The molecule has 1 saturated heterocycles. The minimum Gasteiger partial charge on any atom is -0.385 e. The Morgan fingerprint density at radius 1 is 1.42 bits per heavy atom.